The molecule has 26 N–H and O–H groups in total. The lowest BCUT2D eigenvalue weighted by atomic mass is 9.80. The van der Waals surface area contributed by atoms with Gasteiger partial charge in [-0.3, -0.25) is 14.9 Å². The zero-order chi connectivity index (χ0) is 71.7. The number of hydrogen-bond acceptors (Lipinski definition) is 40. The molecule has 8 fully saturated rings. The van der Waals surface area contributed by atoms with Crippen LogP contribution in [0.15, 0.2) is 24.3 Å². The number of carbonyl (C=O) groups is 2. The highest BCUT2D eigenvalue weighted by atomic mass is 16.8. The van der Waals surface area contributed by atoms with Gasteiger partial charge in [0.2, 0.25) is 12.2 Å². The first-order valence-electron chi connectivity index (χ1n) is 31.5. The van der Waals surface area contributed by atoms with Crippen LogP contribution >= 0.6 is 0 Å². The zero-order valence-electron chi connectivity index (χ0n) is 52.5. The Morgan fingerprint density at radius 1 is 0.408 bits per heavy atom. The van der Waals surface area contributed by atoms with Gasteiger partial charge in [-0.1, -0.05) is 26.0 Å². The van der Waals surface area contributed by atoms with Crippen molar-refractivity contribution in [2.75, 3.05) is 52.8 Å². The van der Waals surface area contributed by atoms with E-state index in [1.54, 1.807) is 26.0 Å². The van der Waals surface area contributed by atoms with E-state index in [-0.39, 0.29) is 18.1 Å². The third-order valence-corrected chi connectivity index (χ3v) is 18.7. The number of aliphatic hydroxyl groups excluding tert-OH is 22. The summed E-state index contributed by atoms with van der Waals surface area (Å²) in [6.45, 7) is -2.42. The second kappa shape index (κ2) is 33.6. The van der Waals surface area contributed by atoms with Crippen LogP contribution in [0, 0.1) is 5.41 Å². The van der Waals surface area contributed by atoms with E-state index in [2.05, 4.69) is 10.6 Å². The van der Waals surface area contributed by atoms with Crippen molar-refractivity contribution in [1.82, 2.24) is 10.6 Å². The number of ether oxygens (including phenoxy) is 14. The molecule has 0 radical (unpaired) electrons. The molecular weight excluding hydrogens is 1330 g/mol. The predicted octanol–water partition coefficient (Wildman–Crippen LogP) is -15.7. The minimum atomic E-state index is -2.08. The van der Waals surface area contributed by atoms with Gasteiger partial charge in [0.15, 0.2) is 43.5 Å². The normalized spacial score (nSPS) is 47.8. The Morgan fingerprint density at radius 3 is 0.939 bits per heavy atom. The summed E-state index contributed by atoms with van der Waals surface area (Å²) in [5, 5.41) is 241. The van der Waals surface area contributed by atoms with Crippen LogP contribution in [0.4, 0.5) is 0 Å². The van der Waals surface area contributed by atoms with Gasteiger partial charge in [-0.05, 0) is 24.1 Å². The summed E-state index contributed by atoms with van der Waals surface area (Å²) in [6.07, 6.45) is -65.6. The third kappa shape index (κ3) is 17.2. The van der Waals surface area contributed by atoms with Gasteiger partial charge < -0.3 is 190 Å². The smallest absolute Gasteiger partial charge is 0.235 e. The number of rotatable bonds is 25. The summed E-state index contributed by atoms with van der Waals surface area (Å²) < 4.78 is 78.6. The quantitative estimate of drug-likeness (QED) is 0.0432. The number of Topliss-reactive ketones (excluding diaryl/α,β-unsaturated/α-hetero) is 1. The van der Waals surface area contributed by atoms with Gasteiger partial charge in [0.1, 0.15) is 183 Å². The molecule has 8 heterocycles. The molecule has 1 aromatic rings. The first kappa shape index (κ1) is 78.8. The Bertz CT molecular complexity index is 2690. The van der Waals surface area contributed by atoms with Crippen LogP contribution in [0.1, 0.15) is 19.4 Å². The van der Waals surface area contributed by atoms with Crippen molar-refractivity contribution in [3.05, 3.63) is 29.8 Å². The van der Waals surface area contributed by atoms with Crippen molar-refractivity contribution in [2.24, 2.45) is 11.1 Å². The SMILES string of the molecule is CC1(C)C(=O)C(NC(=O)CN)NC1Cc1ccc(OC2OC(COC3OC(COC4OC(COC5OC(COC6OC(COC7OC(COC8OC(CO)C(O)C(O)C8O)C(O)C(O)C7O)C(O)C(O)C6O)C(O)C(O)C5O)C(O)C(O)C4O)C(O)C(O)C3O)C(O)C(O)C2O)cc1. The maximum atomic E-state index is 13.0. The second-order valence-electron chi connectivity index (χ2n) is 25.8. The Morgan fingerprint density at radius 2 is 0.663 bits per heavy atom. The van der Waals surface area contributed by atoms with E-state index in [9.17, 15) is 122 Å². The minimum Gasteiger partial charge on any atom is -0.462 e. The molecule has 0 saturated carbocycles. The fourth-order valence-electron chi connectivity index (χ4n) is 12.2. The lowest BCUT2D eigenvalue weighted by Gasteiger charge is -2.45. The van der Waals surface area contributed by atoms with Crippen LogP contribution in [-0.4, -0.2) is 404 Å². The van der Waals surface area contributed by atoms with E-state index >= 15 is 0 Å². The van der Waals surface area contributed by atoms with Gasteiger partial charge >= 0.3 is 0 Å². The summed E-state index contributed by atoms with van der Waals surface area (Å²) in [5.41, 5.74) is 5.26. The molecule has 98 heavy (non-hydrogen) atoms. The Kier molecular flexibility index (Phi) is 27.0. The van der Waals surface area contributed by atoms with E-state index < -0.39 is 285 Å². The predicted molar refractivity (Wildman–Crippen MR) is 307 cm³/mol. The van der Waals surface area contributed by atoms with E-state index in [1.807, 2.05) is 0 Å². The van der Waals surface area contributed by atoms with Gasteiger partial charge in [-0.15, -0.1) is 0 Å². The molecule has 41 heteroatoms. The molecule has 1 amide bonds. The number of benzene rings is 1. The summed E-state index contributed by atoms with van der Waals surface area (Å²) in [6, 6.07) is 5.96. The molecule has 0 spiro atoms. The summed E-state index contributed by atoms with van der Waals surface area (Å²) in [5.74, 6) is -0.613. The number of amides is 1. The van der Waals surface area contributed by atoms with Crippen LogP contribution in [0.3, 0.4) is 0 Å². The van der Waals surface area contributed by atoms with Crippen molar-refractivity contribution in [2.45, 2.75) is 247 Å². The Hall–Kier alpha value is -3.32. The highest BCUT2D eigenvalue weighted by Gasteiger charge is 2.55. The molecule has 8 aliphatic rings. The first-order chi connectivity index (χ1) is 46.3. The topological polar surface area (TPSA) is 659 Å². The van der Waals surface area contributed by atoms with Crippen molar-refractivity contribution < 1.29 is 188 Å². The second-order valence-corrected chi connectivity index (χ2v) is 25.8. The number of nitrogens with two attached hydrogens (primary N) is 1. The lowest BCUT2D eigenvalue weighted by molar-refractivity contribution is -0.353. The van der Waals surface area contributed by atoms with Crippen molar-refractivity contribution >= 4 is 11.7 Å². The summed E-state index contributed by atoms with van der Waals surface area (Å²) in [4.78, 5) is 24.9. The fourth-order valence-corrected chi connectivity index (χ4v) is 12.2. The van der Waals surface area contributed by atoms with Crippen molar-refractivity contribution in [1.29, 1.82) is 0 Å². The molecule has 0 bridgehead atoms. The highest BCUT2D eigenvalue weighted by Crippen LogP contribution is 2.35. The minimum absolute atomic E-state index is 0.132. The van der Waals surface area contributed by atoms with Crippen LogP contribution in [0.25, 0.3) is 0 Å². The van der Waals surface area contributed by atoms with Gasteiger partial charge in [0.25, 0.3) is 0 Å². The molecule has 562 valence electrons. The van der Waals surface area contributed by atoms with Gasteiger partial charge in [0, 0.05) is 11.5 Å². The maximum Gasteiger partial charge on any atom is 0.235 e. The molecule has 37 unspecified atom stereocenters. The number of hydrogen-bond donors (Lipinski definition) is 25. The van der Waals surface area contributed by atoms with Crippen LogP contribution in [0.2, 0.25) is 0 Å². The van der Waals surface area contributed by atoms with E-state index in [4.69, 9.17) is 72.0 Å². The van der Waals surface area contributed by atoms with Crippen LogP contribution in [-0.2, 0) is 77.6 Å². The largest absolute Gasteiger partial charge is 0.462 e. The average molecular weight is 1430 g/mol. The molecule has 9 rings (SSSR count). The highest BCUT2D eigenvalue weighted by molar-refractivity contribution is 5.95. The number of aliphatic hydroxyl groups is 22. The van der Waals surface area contributed by atoms with E-state index in [0.29, 0.717) is 6.42 Å². The maximum absolute atomic E-state index is 13.0. The number of carbonyl (C=O) groups excluding carboxylic acids is 2. The molecule has 37 atom stereocenters. The number of nitrogens with one attached hydrogen (secondary N) is 2. The first-order valence-corrected chi connectivity index (χ1v) is 31.5. The summed E-state index contributed by atoms with van der Waals surface area (Å²) in [7, 11) is 0. The van der Waals surface area contributed by atoms with Crippen molar-refractivity contribution in [3.63, 3.8) is 0 Å². The van der Waals surface area contributed by atoms with Crippen molar-refractivity contribution in [3.8, 4) is 5.75 Å². The summed E-state index contributed by atoms with van der Waals surface area (Å²) >= 11 is 0. The van der Waals surface area contributed by atoms with Crippen LogP contribution < -0.4 is 21.1 Å². The molecule has 8 aliphatic heterocycles. The van der Waals surface area contributed by atoms with E-state index in [1.165, 1.54) is 12.1 Å². The average Bonchev–Trinajstić information content (AvgIpc) is 1.51. The van der Waals surface area contributed by atoms with Gasteiger partial charge in [-0.25, -0.2) is 0 Å². The molecule has 0 aromatic heterocycles. The van der Waals surface area contributed by atoms with E-state index in [0.717, 1.165) is 5.56 Å². The van der Waals surface area contributed by atoms with Gasteiger partial charge in [0.05, 0.1) is 52.8 Å². The molecule has 8 saturated heterocycles. The molecule has 0 aliphatic carbocycles. The van der Waals surface area contributed by atoms with Crippen LogP contribution in [0.5, 0.6) is 5.75 Å². The number of ketones is 1. The molecular formula is C57H91N3O38. The monoisotopic (exact) mass is 1430 g/mol. The molecule has 41 nitrogen and oxygen atoms in total. The van der Waals surface area contributed by atoms with Gasteiger partial charge in [-0.2, -0.15) is 0 Å². The fraction of sp³-hybridized carbons (Fsp3) is 0.860. The molecule has 1 aromatic carbocycles. The lowest BCUT2D eigenvalue weighted by Crippen LogP contribution is -2.63. The third-order valence-electron chi connectivity index (χ3n) is 18.7. The zero-order valence-corrected chi connectivity index (χ0v) is 52.5. The Labute approximate surface area is 556 Å². The Balaban J connectivity index is 0.741. The standard InChI is InChI=1S/C57H91N3O38/c1-57(2)25(59-49(48(57)84)60-26(62)8-58)7-16-3-5-17(6-4-16)91-56-47(83)40(76)33(69)24(98-56)15-90-55-46(82)39(75)32(68)23(97-55)14-89-54-45(81)38(74)31(67)22(96-54)13-88-53-44(80)37(73)30(66)21(95-53)12-87-52-43(79)36(72)29(65)20(94-52)11-86-51-42(78)35(71)28(64)19(93-51)10-85-50-41(77)34(70)27(63)18(9-61)92-50/h3-6,18-25,27-47,49-56,59,61,63-83H,7-15,58H2,1-2H3,(H,60,62).